The minimum absolute atomic E-state index is 0.0536. The Bertz CT molecular complexity index is 697. The SMILES string of the molecule is COC1C[C@@H]2[C@@H](C=CC(CCc3ccccc3)O[Si](C)(C)C(C)(C)C)[C@H](O)C[C@@H]2O1. The molecule has 5 heteroatoms. The zero-order chi connectivity index (χ0) is 21.9. The van der Waals surface area contributed by atoms with Crippen molar-refractivity contribution in [2.24, 2.45) is 11.8 Å². The maximum Gasteiger partial charge on any atom is 0.192 e. The average Bonchev–Trinajstić information content (AvgIpc) is 3.20. The number of methoxy groups -OCH3 is 1. The molecule has 3 rings (SSSR count). The number of aliphatic hydroxyl groups excluding tert-OH is 1. The fraction of sp³-hybridized carbons (Fsp3) is 0.680. The first-order valence-electron chi connectivity index (χ1n) is 11.4. The van der Waals surface area contributed by atoms with Crippen LogP contribution in [-0.4, -0.2) is 45.1 Å². The molecule has 6 atom stereocenters. The van der Waals surface area contributed by atoms with Crippen molar-refractivity contribution in [2.75, 3.05) is 7.11 Å². The summed E-state index contributed by atoms with van der Waals surface area (Å²) < 4.78 is 18.1. The Kier molecular flexibility index (Phi) is 7.62. The van der Waals surface area contributed by atoms with Gasteiger partial charge >= 0.3 is 0 Å². The molecule has 0 spiro atoms. The molecule has 1 aliphatic carbocycles. The molecule has 168 valence electrons. The summed E-state index contributed by atoms with van der Waals surface area (Å²) in [4.78, 5) is 0. The van der Waals surface area contributed by atoms with Gasteiger partial charge in [-0.05, 0) is 42.5 Å². The zero-order valence-electron chi connectivity index (χ0n) is 19.5. The first kappa shape index (κ1) is 23.7. The summed E-state index contributed by atoms with van der Waals surface area (Å²) >= 11 is 0. The lowest BCUT2D eigenvalue weighted by Gasteiger charge is -2.39. The van der Waals surface area contributed by atoms with Gasteiger partial charge in [0, 0.05) is 25.9 Å². The summed E-state index contributed by atoms with van der Waals surface area (Å²) in [6.45, 7) is 11.5. The van der Waals surface area contributed by atoms with Crippen LogP contribution in [0.2, 0.25) is 18.1 Å². The van der Waals surface area contributed by atoms with Gasteiger partial charge in [-0.2, -0.15) is 0 Å². The minimum Gasteiger partial charge on any atom is -0.411 e. The molecule has 4 nitrogen and oxygen atoms in total. The predicted molar refractivity (Wildman–Crippen MR) is 124 cm³/mol. The van der Waals surface area contributed by atoms with E-state index in [1.807, 2.05) is 0 Å². The summed E-state index contributed by atoms with van der Waals surface area (Å²) in [5.41, 5.74) is 1.34. The highest BCUT2D eigenvalue weighted by Gasteiger charge is 2.48. The van der Waals surface area contributed by atoms with E-state index in [0.29, 0.717) is 12.3 Å². The smallest absolute Gasteiger partial charge is 0.192 e. The van der Waals surface area contributed by atoms with Gasteiger partial charge in [0.25, 0.3) is 0 Å². The van der Waals surface area contributed by atoms with Gasteiger partial charge in [-0.1, -0.05) is 63.3 Å². The molecule has 1 heterocycles. The number of benzene rings is 1. The maximum atomic E-state index is 10.6. The third-order valence-electron chi connectivity index (χ3n) is 7.30. The lowest BCUT2D eigenvalue weighted by molar-refractivity contribution is -0.118. The standard InChI is InChI=1S/C25H40O4Si/c1-25(2,3)30(5,6)29-19(13-12-18-10-8-7-9-11-18)14-15-20-21-16-24(27-4)28-23(21)17-22(20)26/h7-11,14-15,19-24,26H,12-13,16-17H2,1-6H3/t19?,20-,21-,22-,23+,24?/m1/s1. The summed E-state index contributed by atoms with van der Waals surface area (Å²) in [6.07, 6.45) is 7.57. The van der Waals surface area contributed by atoms with Gasteiger partial charge in [-0.25, -0.2) is 0 Å². The Labute approximate surface area is 183 Å². The number of fused-ring (bicyclic) bond motifs is 1. The molecule has 0 amide bonds. The van der Waals surface area contributed by atoms with Crippen LogP contribution in [0.15, 0.2) is 42.5 Å². The van der Waals surface area contributed by atoms with Crippen LogP contribution in [0.1, 0.15) is 45.6 Å². The van der Waals surface area contributed by atoms with Gasteiger partial charge in [-0.15, -0.1) is 0 Å². The minimum atomic E-state index is -1.90. The fourth-order valence-corrected chi connectivity index (χ4v) is 5.73. The summed E-state index contributed by atoms with van der Waals surface area (Å²) in [6, 6.07) is 10.6. The van der Waals surface area contributed by atoms with Gasteiger partial charge in [0.15, 0.2) is 14.6 Å². The quantitative estimate of drug-likeness (QED) is 0.446. The number of aliphatic hydroxyl groups is 1. The Morgan fingerprint density at radius 2 is 1.90 bits per heavy atom. The van der Waals surface area contributed by atoms with Crippen LogP contribution < -0.4 is 0 Å². The molecule has 0 aromatic heterocycles. The molecule has 1 N–H and O–H groups in total. The van der Waals surface area contributed by atoms with Crippen LogP contribution in [0.3, 0.4) is 0 Å². The van der Waals surface area contributed by atoms with Gasteiger partial charge in [0.1, 0.15) is 0 Å². The average molecular weight is 433 g/mol. The monoisotopic (exact) mass is 432 g/mol. The second kappa shape index (κ2) is 9.66. The highest BCUT2D eigenvalue weighted by Crippen LogP contribution is 2.44. The zero-order valence-corrected chi connectivity index (χ0v) is 20.5. The second-order valence-electron chi connectivity index (χ2n) is 10.4. The largest absolute Gasteiger partial charge is 0.411 e. The van der Waals surface area contributed by atoms with Crippen LogP contribution in [-0.2, 0) is 20.3 Å². The van der Waals surface area contributed by atoms with E-state index in [0.717, 1.165) is 19.3 Å². The predicted octanol–water partition coefficient (Wildman–Crippen LogP) is 5.32. The van der Waals surface area contributed by atoms with Crippen molar-refractivity contribution in [3.63, 3.8) is 0 Å². The Morgan fingerprint density at radius 1 is 1.20 bits per heavy atom. The molecule has 30 heavy (non-hydrogen) atoms. The fourth-order valence-electron chi connectivity index (χ4n) is 4.42. The number of aryl methyl sites for hydroxylation is 1. The van der Waals surface area contributed by atoms with Gasteiger partial charge in [-0.3, -0.25) is 0 Å². The van der Waals surface area contributed by atoms with E-state index in [-0.39, 0.29) is 35.6 Å². The number of hydrogen-bond donors (Lipinski definition) is 1. The molecular formula is C25H40O4Si. The van der Waals surface area contributed by atoms with E-state index in [1.54, 1.807) is 7.11 Å². The molecule has 1 aromatic carbocycles. The van der Waals surface area contributed by atoms with Crippen LogP contribution >= 0.6 is 0 Å². The van der Waals surface area contributed by atoms with E-state index >= 15 is 0 Å². The van der Waals surface area contributed by atoms with Crippen molar-refractivity contribution < 1.29 is 19.0 Å². The van der Waals surface area contributed by atoms with Crippen LogP contribution in [0.25, 0.3) is 0 Å². The molecule has 1 saturated carbocycles. The molecule has 0 bridgehead atoms. The topological polar surface area (TPSA) is 47.9 Å². The van der Waals surface area contributed by atoms with Gasteiger partial charge in [0.05, 0.1) is 18.3 Å². The van der Waals surface area contributed by atoms with E-state index < -0.39 is 8.32 Å². The van der Waals surface area contributed by atoms with Crippen LogP contribution in [0.5, 0.6) is 0 Å². The molecule has 2 unspecified atom stereocenters. The molecular weight excluding hydrogens is 392 g/mol. The van der Waals surface area contributed by atoms with Crippen molar-refractivity contribution in [2.45, 2.75) is 89.2 Å². The Hall–Kier alpha value is -0.983. The highest BCUT2D eigenvalue weighted by atomic mass is 28.4. The Morgan fingerprint density at radius 3 is 2.53 bits per heavy atom. The lowest BCUT2D eigenvalue weighted by atomic mass is 9.91. The van der Waals surface area contributed by atoms with E-state index in [2.05, 4.69) is 76.3 Å². The van der Waals surface area contributed by atoms with Crippen LogP contribution in [0, 0.1) is 11.8 Å². The number of rotatable bonds is 8. The van der Waals surface area contributed by atoms with E-state index in [1.165, 1.54) is 5.56 Å². The summed E-state index contributed by atoms with van der Waals surface area (Å²) in [7, 11) is -0.208. The Balaban J connectivity index is 1.72. The van der Waals surface area contributed by atoms with Gasteiger partial charge in [0.2, 0.25) is 0 Å². The number of ether oxygens (including phenoxy) is 2. The molecule has 1 aliphatic heterocycles. The maximum absolute atomic E-state index is 10.6. The van der Waals surface area contributed by atoms with E-state index in [9.17, 15) is 5.11 Å². The van der Waals surface area contributed by atoms with Crippen molar-refractivity contribution >= 4 is 8.32 Å². The first-order chi connectivity index (χ1) is 14.1. The normalized spacial score (nSPS) is 30.7. The van der Waals surface area contributed by atoms with Crippen molar-refractivity contribution in [1.29, 1.82) is 0 Å². The lowest BCUT2D eigenvalue weighted by Crippen LogP contribution is -2.43. The molecule has 0 radical (unpaired) electrons. The summed E-state index contributed by atoms with van der Waals surface area (Å²) in [5, 5.41) is 10.8. The van der Waals surface area contributed by atoms with Crippen molar-refractivity contribution in [3.05, 3.63) is 48.0 Å². The second-order valence-corrected chi connectivity index (χ2v) is 15.2. The van der Waals surface area contributed by atoms with Crippen molar-refractivity contribution in [3.8, 4) is 0 Å². The highest BCUT2D eigenvalue weighted by molar-refractivity contribution is 6.74. The number of hydrogen-bond acceptors (Lipinski definition) is 4. The summed E-state index contributed by atoms with van der Waals surface area (Å²) in [5.74, 6) is 0.432. The molecule has 1 saturated heterocycles. The first-order valence-corrected chi connectivity index (χ1v) is 14.3. The molecule has 1 aromatic rings. The van der Waals surface area contributed by atoms with Gasteiger partial charge < -0.3 is 19.0 Å². The molecule has 2 aliphatic rings. The van der Waals surface area contributed by atoms with Crippen molar-refractivity contribution in [1.82, 2.24) is 0 Å². The van der Waals surface area contributed by atoms with E-state index in [4.69, 9.17) is 13.9 Å². The molecule has 2 fully saturated rings. The third-order valence-corrected chi connectivity index (χ3v) is 11.8. The third kappa shape index (κ3) is 5.63. The van der Waals surface area contributed by atoms with Crippen LogP contribution in [0.4, 0.5) is 0 Å².